The molecule has 7 nitrogen and oxygen atoms in total. The van der Waals surface area contributed by atoms with E-state index in [1.54, 1.807) is 30.4 Å². The zero-order valence-corrected chi connectivity index (χ0v) is 17.2. The van der Waals surface area contributed by atoms with Gasteiger partial charge in [0.25, 0.3) is 10.1 Å². The van der Waals surface area contributed by atoms with Crippen LogP contribution in [0, 0.1) is 5.92 Å². The highest BCUT2D eigenvalue weighted by Gasteiger charge is 2.40. The fourth-order valence-corrected chi connectivity index (χ4v) is 4.00. The standard InChI is InChI=1S/C23H19NO6S/c1-3-5-17-15(6-4-7-20(17)24-13-25)9-8-14(2)21-22(26)18-11-10-16(31(28,29)30)12-19(18)23(21)27/h3-4,6-13,21H,1-2,5H2,(H,24,25)(H,28,29,30)/b9-8-. The second-order valence-electron chi connectivity index (χ2n) is 6.88. The van der Waals surface area contributed by atoms with Gasteiger partial charge in [0.15, 0.2) is 11.6 Å². The summed E-state index contributed by atoms with van der Waals surface area (Å²) in [5.41, 5.74) is 2.42. The van der Waals surface area contributed by atoms with Crippen molar-refractivity contribution in [3.8, 4) is 0 Å². The normalized spacial score (nSPS) is 15.7. The molecular formula is C23H19NO6S. The molecule has 0 heterocycles. The lowest BCUT2D eigenvalue weighted by atomic mass is 9.93. The Labute approximate surface area is 179 Å². The summed E-state index contributed by atoms with van der Waals surface area (Å²) >= 11 is 0. The largest absolute Gasteiger partial charge is 0.328 e. The Morgan fingerprint density at radius 2 is 1.84 bits per heavy atom. The number of nitrogens with one attached hydrogen (secondary N) is 1. The second kappa shape index (κ2) is 8.63. The zero-order chi connectivity index (χ0) is 22.8. The average molecular weight is 437 g/mol. The van der Waals surface area contributed by atoms with E-state index in [9.17, 15) is 27.4 Å². The monoisotopic (exact) mass is 437 g/mol. The Balaban J connectivity index is 1.92. The number of fused-ring (bicyclic) bond motifs is 1. The smallest absolute Gasteiger partial charge is 0.294 e. The van der Waals surface area contributed by atoms with Gasteiger partial charge in [-0.1, -0.05) is 36.9 Å². The van der Waals surface area contributed by atoms with Crippen LogP contribution in [-0.4, -0.2) is 30.9 Å². The van der Waals surface area contributed by atoms with E-state index in [4.69, 9.17) is 0 Å². The number of rotatable bonds is 8. The van der Waals surface area contributed by atoms with Crippen LogP contribution in [0.1, 0.15) is 31.8 Å². The van der Waals surface area contributed by atoms with Crippen molar-refractivity contribution in [3.63, 3.8) is 0 Å². The van der Waals surface area contributed by atoms with Crippen LogP contribution in [0.4, 0.5) is 5.69 Å². The third kappa shape index (κ3) is 4.30. The van der Waals surface area contributed by atoms with Crippen molar-refractivity contribution in [2.75, 3.05) is 5.32 Å². The third-order valence-corrected chi connectivity index (χ3v) is 5.82. The van der Waals surface area contributed by atoms with Crippen LogP contribution in [0.25, 0.3) is 6.08 Å². The Kier molecular flexibility index (Phi) is 6.14. The lowest BCUT2D eigenvalue weighted by molar-refractivity contribution is -0.105. The lowest BCUT2D eigenvalue weighted by Gasteiger charge is -2.11. The van der Waals surface area contributed by atoms with Gasteiger partial charge in [0.05, 0.1) is 4.90 Å². The summed E-state index contributed by atoms with van der Waals surface area (Å²) in [6, 6.07) is 8.59. The molecule has 2 aromatic carbocycles. The summed E-state index contributed by atoms with van der Waals surface area (Å²) in [5, 5.41) is 2.63. The summed E-state index contributed by atoms with van der Waals surface area (Å²) in [6.07, 6.45) is 5.97. The Hall–Kier alpha value is -3.62. The molecule has 8 heteroatoms. The highest BCUT2D eigenvalue weighted by atomic mass is 32.2. The zero-order valence-electron chi connectivity index (χ0n) is 16.4. The molecule has 0 saturated heterocycles. The lowest BCUT2D eigenvalue weighted by Crippen LogP contribution is -2.16. The molecule has 1 unspecified atom stereocenters. The number of ketones is 2. The van der Waals surface area contributed by atoms with E-state index in [1.165, 1.54) is 6.07 Å². The molecule has 158 valence electrons. The first kappa shape index (κ1) is 22.1. The van der Waals surface area contributed by atoms with Gasteiger partial charge in [-0.25, -0.2) is 0 Å². The predicted molar refractivity (Wildman–Crippen MR) is 117 cm³/mol. The molecule has 2 N–H and O–H groups in total. The van der Waals surface area contributed by atoms with E-state index >= 15 is 0 Å². The van der Waals surface area contributed by atoms with E-state index in [2.05, 4.69) is 18.5 Å². The van der Waals surface area contributed by atoms with Gasteiger partial charge in [-0.15, -0.1) is 6.58 Å². The number of Topliss-reactive ketones (excluding diaryl/α,β-unsaturated/α-hetero) is 2. The molecule has 0 spiro atoms. The maximum Gasteiger partial charge on any atom is 0.294 e. The summed E-state index contributed by atoms with van der Waals surface area (Å²) in [6.45, 7) is 7.57. The molecule has 0 aliphatic heterocycles. The van der Waals surface area contributed by atoms with Gasteiger partial charge in [0, 0.05) is 16.8 Å². The first-order valence-electron chi connectivity index (χ1n) is 9.19. The van der Waals surface area contributed by atoms with Gasteiger partial charge in [-0.3, -0.25) is 18.9 Å². The number of carbonyl (C=O) groups is 3. The maximum atomic E-state index is 12.8. The van der Waals surface area contributed by atoms with Gasteiger partial charge in [0.2, 0.25) is 6.41 Å². The van der Waals surface area contributed by atoms with Gasteiger partial charge in [0.1, 0.15) is 5.92 Å². The Morgan fingerprint density at radius 1 is 1.13 bits per heavy atom. The second-order valence-corrected chi connectivity index (χ2v) is 8.30. The summed E-state index contributed by atoms with van der Waals surface area (Å²) in [4.78, 5) is 35.9. The summed E-state index contributed by atoms with van der Waals surface area (Å²) < 4.78 is 31.9. The van der Waals surface area contributed by atoms with Crippen molar-refractivity contribution in [3.05, 3.63) is 89.5 Å². The molecule has 0 radical (unpaired) electrons. The van der Waals surface area contributed by atoms with Gasteiger partial charge in [-0.2, -0.15) is 8.42 Å². The van der Waals surface area contributed by atoms with Crippen molar-refractivity contribution in [1.29, 1.82) is 0 Å². The maximum absolute atomic E-state index is 12.8. The summed E-state index contributed by atoms with van der Waals surface area (Å²) in [7, 11) is -4.51. The average Bonchev–Trinajstić information content (AvgIpc) is 2.97. The molecular weight excluding hydrogens is 418 g/mol. The number of hydrogen-bond donors (Lipinski definition) is 2. The predicted octanol–water partition coefficient (Wildman–Crippen LogP) is 3.49. The quantitative estimate of drug-likeness (QED) is 0.215. The number of amides is 1. The highest BCUT2D eigenvalue weighted by Crippen LogP contribution is 2.33. The van der Waals surface area contributed by atoms with Crippen molar-refractivity contribution in [1.82, 2.24) is 0 Å². The van der Waals surface area contributed by atoms with Crippen LogP contribution in [-0.2, 0) is 21.3 Å². The molecule has 1 aliphatic rings. The molecule has 0 bridgehead atoms. The Morgan fingerprint density at radius 3 is 2.48 bits per heavy atom. The van der Waals surface area contributed by atoms with Crippen LogP contribution in [0.2, 0.25) is 0 Å². The van der Waals surface area contributed by atoms with Crippen LogP contribution in [0.3, 0.4) is 0 Å². The first-order chi connectivity index (χ1) is 14.7. The number of carbonyl (C=O) groups excluding carboxylic acids is 3. The van der Waals surface area contributed by atoms with Crippen LogP contribution in [0.5, 0.6) is 0 Å². The fourth-order valence-electron chi connectivity index (χ4n) is 3.49. The minimum absolute atomic E-state index is 0.0656. The third-order valence-electron chi connectivity index (χ3n) is 4.97. The van der Waals surface area contributed by atoms with Gasteiger partial charge < -0.3 is 5.32 Å². The van der Waals surface area contributed by atoms with Gasteiger partial charge >= 0.3 is 0 Å². The molecule has 0 saturated carbocycles. The molecule has 0 fully saturated rings. The SMILES string of the molecule is C=CCc1c(/C=C\C(=C)C2C(=O)c3ccc(S(=O)(=O)O)cc3C2=O)cccc1NC=O. The van der Waals surface area contributed by atoms with Crippen LogP contribution >= 0.6 is 0 Å². The first-order valence-corrected chi connectivity index (χ1v) is 10.6. The molecule has 3 rings (SSSR count). The van der Waals surface area contributed by atoms with Crippen molar-refractivity contribution in [2.24, 2.45) is 5.92 Å². The number of anilines is 1. The van der Waals surface area contributed by atoms with Gasteiger partial charge in [-0.05, 0) is 47.4 Å². The van der Waals surface area contributed by atoms with E-state index in [-0.39, 0.29) is 16.7 Å². The van der Waals surface area contributed by atoms with Crippen LogP contribution < -0.4 is 5.32 Å². The van der Waals surface area contributed by atoms with Crippen LogP contribution in [0.15, 0.2) is 72.2 Å². The minimum atomic E-state index is -4.51. The molecule has 1 atom stereocenters. The molecule has 31 heavy (non-hydrogen) atoms. The summed E-state index contributed by atoms with van der Waals surface area (Å²) in [5.74, 6) is -2.25. The highest BCUT2D eigenvalue weighted by molar-refractivity contribution is 7.85. The molecule has 1 aliphatic carbocycles. The molecule has 2 aromatic rings. The van der Waals surface area contributed by atoms with Crippen molar-refractivity contribution < 1.29 is 27.4 Å². The number of benzene rings is 2. The van der Waals surface area contributed by atoms with E-state index in [1.807, 2.05) is 6.07 Å². The molecule has 0 aromatic heterocycles. The minimum Gasteiger partial charge on any atom is -0.328 e. The number of allylic oxidation sites excluding steroid dienone is 3. The van der Waals surface area contributed by atoms with Crippen molar-refractivity contribution >= 4 is 39.9 Å². The topological polar surface area (TPSA) is 118 Å². The molecule has 1 amide bonds. The van der Waals surface area contributed by atoms with E-state index < -0.39 is 32.5 Å². The fraction of sp³-hybridized carbons (Fsp3) is 0.0870. The van der Waals surface area contributed by atoms with E-state index in [0.29, 0.717) is 18.5 Å². The van der Waals surface area contributed by atoms with E-state index in [0.717, 1.165) is 23.3 Å². The Bertz CT molecular complexity index is 1260. The number of hydrogen-bond acceptors (Lipinski definition) is 5. The van der Waals surface area contributed by atoms with Crippen molar-refractivity contribution in [2.45, 2.75) is 11.3 Å².